The number of carbonyl (C=O) groups is 1. The smallest absolute Gasteiger partial charge is 0.255 e. The number of amides is 1. The summed E-state index contributed by atoms with van der Waals surface area (Å²) in [4.78, 5) is 15.1. The van der Waals surface area contributed by atoms with E-state index in [1.54, 1.807) is 24.4 Å². The number of aromatic amines is 1. The lowest BCUT2D eigenvalue weighted by atomic mass is 10.1. The number of halogens is 3. The molecule has 1 heterocycles. The number of hydrogen-bond acceptors (Lipinski definition) is 1. The van der Waals surface area contributed by atoms with Crippen molar-refractivity contribution in [1.82, 2.24) is 4.98 Å². The summed E-state index contributed by atoms with van der Waals surface area (Å²) in [6.07, 6.45) is 1.75. The molecule has 106 valence electrons. The quantitative estimate of drug-likeness (QED) is 0.726. The number of anilines is 1. The maximum absolute atomic E-state index is 13.6. The largest absolute Gasteiger partial charge is 0.361 e. The first-order valence-electron chi connectivity index (χ1n) is 6.07. The Labute approximate surface area is 123 Å². The van der Waals surface area contributed by atoms with Gasteiger partial charge in [0.25, 0.3) is 5.91 Å². The van der Waals surface area contributed by atoms with Gasteiger partial charge >= 0.3 is 0 Å². The zero-order valence-electron chi connectivity index (χ0n) is 10.6. The van der Waals surface area contributed by atoms with Gasteiger partial charge in [-0.2, -0.15) is 0 Å². The minimum atomic E-state index is -0.920. The van der Waals surface area contributed by atoms with Crippen molar-refractivity contribution in [2.45, 2.75) is 0 Å². The van der Waals surface area contributed by atoms with Gasteiger partial charge in [-0.3, -0.25) is 4.79 Å². The Kier molecular flexibility index (Phi) is 3.35. The van der Waals surface area contributed by atoms with Gasteiger partial charge in [-0.05, 0) is 30.3 Å². The highest BCUT2D eigenvalue weighted by Crippen LogP contribution is 2.27. The van der Waals surface area contributed by atoms with Gasteiger partial charge in [0.05, 0.1) is 10.7 Å². The van der Waals surface area contributed by atoms with E-state index in [1.165, 1.54) is 0 Å². The zero-order valence-corrected chi connectivity index (χ0v) is 11.3. The van der Waals surface area contributed by atoms with Crippen LogP contribution in [0.15, 0.2) is 42.6 Å². The molecule has 1 aromatic heterocycles. The lowest BCUT2D eigenvalue weighted by Crippen LogP contribution is -2.13. The molecule has 0 radical (unpaired) electrons. The standard InChI is InChI=1S/C15H9ClF2N2O/c16-11-6-10(17)7-12(18)14(11)20-15(21)9-1-2-13-8(5-9)3-4-19-13/h1-7,19H,(H,20,21). The molecule has 0 aliphatic heterocycles. The summed E-state index contributed by atoms with van der Waals surface area (Å²) in [5.41, 5.74) is 0.997. The second-order valence-corrected chi connectivity index (χ2v) is 4.89. The third-order valence-corrected chi connectivity index (χ3v) is 3.36. The van der Waals surface area contributed by atoms with Crippen molar-refractivity contribution >= 4 is 34.1 Å². The first kappa shape index (κ1) is 13.6. The topological polar surface area (TPSA) is 44.9 Å². The molecule has 6 heteroatoms. The van der Waals surface area contributed by atoms with E-state index in [1.807, 2.05) is 6.07 Å². The molecule has 0 aliphatic carbocycles. The molecule has 2 N–H and O–H groups in total. The van der Waals surface area contributed by atoms with Gasteiger partial charge in [0.2, 0.25) is 0 Å². The summed E-state index contributed by atoms with van der Waals surface area (Å²) in [5.74, 6) is -2.24. The second-order valence-electron chi connectivity index (χ2n) is 4.48. The Morgan fingerprint density at radius 3 is 2.71 bits per heavy atom. The summed E-state index contributed by atoms with van der Waals surface area (Å²) >= 11 is 5.74. The van der Waals surface area contributed by atoms with E-state index in [4.69, 9.17) is 11.6 Å². The van der Waals surface area contributed by atoms with Gasteiger partial charge in [-0.25, -0.2) is 8.78 Å². The Hall–Kier alpha value is -2.40. The molecule has 3 aromatic rings. The lowest BCUT2D eigenvalue weighted by Gasteiger charge is -2.09. The Morgan fingerprint density at radius 1 is 1.14 bits per heavy atom. The van der Waals surface area contributed by atoms with Crippen molar-refractivity contribution in [3.8, 4) is 0 Å². The monoisotopic (exact) mass is 306 g/mol. The summed E-state index contributed by atoms with van der Waals surface area (Å²) in [7, 11) is 0. The van der Waals surface area contributed by atoms with Gasteiger partial charge in [0, 0.05) is 28.7 Å². The van der Waals surface area contributed by atoms with Crippen molar-refractivity contribution in [1.29, 1.82) is 0 Å². The number of nitrogens with one attached hydrogen (secondary N) is 2. The molecule has 0 fully saturated rings. The van der Waals surface area contributed by atoms with Gasteiger partial charge in [0.15, 0.2) is 5.82 Å². The molecule has 0 atom stereocenters. The molecule has 0 saturated carbocycles. The van der Waals surface area contributed by atoms with E-state index >= 15 is 0 Å². The van der Waals surface area contributed by atoms with Crippen LogP contribution in [0.4, 0.5) is 14.5 Å². The van der Waals surface area contributed by atoms with E-state index in [-0.39, 0.29) is 10.7 Å². The SMILES string of the molecule is O=C(Nc1c(F)cc(F)cc1Cl)c1ccc2[nH]ccc2c1. The Balaban J connectivity index is 1.92. The van der Waals surface area contributed by atoms with Gasteiger partial charge in [-0.15, -0.1) is 0 Å². The molecule has 3 rings (SSSR count). The van der Waals surface area contributed by atoms with E-state index in [2.05, 4.69) is 10.3 Å². The van der Waals surface area contributed by atoms with Crippen LogP contribution in [0, 0.1) is 11.6 Å². The minimum Gasteiger partial charge on any atom is -0.361 e. The van der Waals surface area contributed by atoms with E-state index < -0.39 is 17.5 Å². The molecular formula is C15H9ClF2N2O. The average molecular weight is 307 g/mol. The predicted octanol–water partition coefficient (Wildman–Crippen LogP) is 4.35. The van der Waals surface area contributed by atoms with Crippen molar-refractivity contribution in [3.05, 3.63) is 64.8 Å². The molecule has 0 spiro atoms. The van der Waals surface area contributed by atoms with Crippen LogP contribution in [0.3, 0.4) is 0 Å². The highest BCUT2D eigenvalue weighted by atomic mass is 35.5. The number of hydrogen-bond donors (Lipinski definition) is 2. The van der Waals surface area contributed by atoms with Crippen LogP contribution in [0.5, 0.6) is 0 Å². The third kappa shape index (κ3) is 2.60. The summed E-state index contributed by atoms with van der Waals surface area (Å²) in [6, 6.07) is 8.43. The van der Waals surface area contributed by atoms with Crippen LogP contribution in [0.2, 0.25) is 5.02 Å². The fourth-order valence-electron chi connectivity index (χ4n) is 2.04. The maximum atomic E-state index is 13.6. The van der Waals surface area contributed by atoms with Crippen molar-refractivity contribution in [2.75, 3.05) is 5.32 Å². The molecule has 21 heavy (non-hydrogen) atoms. The summed E-state index contributed by atoms with van der Waals surface area (Å²) in [5, 5.41) is 3.02. The third-order valence-electron chi connectivity index (χ3n) is 3.06. The molecule has 0 unspecified atom stereocenters. The normalized spacial score (nSPS) is 10.8. The number of H-pyrrole nitrogens is 1. The minimum absolute atomic E-state index is 0.191. The second kappa shape index (κ2) is 5.18. The van der Waals surface area contributed by atoms with Crippen molar-refractivity contribution < 1.29 is 13.6 Å². The average Bonchev–Trinajstić information content (AvgIpc) is 2.89. The van der Waals surface area contributed by atoms with Gasteiger partial charge in [-0.1, -0.05) is 11.6 Å². The first-order valence-corrected chi connectivity index (χ1v) is 6.45. The first-order chi connectivity index (χ1) is 10.0. The van der Waals surface area contributed by atoms with E-state index in [9.17, 15) is 13.6 Å². The highest BCUT2D eigenvalue weighted by Gasteiger charge is 2.14. The van der Waals surface area contributed by atoms with Crippen LogP contribution in [0.25, 0.3) is 10.9 Å². The molecule has 0 aliphatic rings. The van der Waals surface area contributed by atoms with Crippen LogP contribution < -0.4 is 5.32 Å². The van der Waals surface area contributed by atoms with Crippen LogP contribution in [-0.4, -0.2) is 10.9 Å². The van der Waals surface area contributed by atoms with Crippen molar-refractivity contribution in [2.24, 2.45) is 0 Å². The molecular weight excluding hydrogens is 298 g/mol. The maximum Gasteiger partial charge on any atom is 0.255 e. The van der Waals surface area contributed by atoms with Crippen LogP contribution in [0.1, 0.15) is 10.4 Å². The molecule has 0 bridgehead atoms. The predicted molar refractivity (Wildman–Crippen MR) is 77.6 cm³/mol. The molecule has 2 aromatic carbocycles. The Bertz CT molecular complexity index is 822. The fourth-order valence-corrected chi connectivity index (χ4v) is 2.28. The molecule has 1 amide bonds. The Morgan fingerprint density at radius 2 is 1.95 bits per heavy atom. The number of rotatable bonds is 2. The van der Waals surface area contributed by atoms with Gasteiger partial charge in [0.1, 0.15) is 5.82 Å². The molecule has 0 saturated heterocycles. The van der Waals surface area contributed by atoms with E-state index in [0.29, 0.717) is 11.6 Å². The lowest BCUT2D eigenvalue weighted by molar-refractivity contribution is 0.102. The zero-order chi connectivity index (χ0) is 15.0. The van der Waals surface area contributed by atoms with Gasteiger partial charge < -0.3 is 10.3 Å². The number of benzene rings is 2. The number of carbonyl (C=O) groups excluding carboxylic acids is 1. The van der Waals surface area contributed by atoms with Crippen LogP contribution >= 0.6 is 11.6 Å². The van der Waals surface area contributed by atoms with Crippen LogP contribution in [-0.2, 0) is 0 Å². The molecule has 3 nitrogen and oxygen atoms in total. The summed E-state index contributed by atoms with van der Waals surface area (Å²) in [6.45, 7) is 0. The van der Waals surface area contributed by atoms with E-state index in [0.717, 1.165) is 17.0 Å². The number of aromatic nitrogens is 1. The highest BCUT2D eigenvalue weighted by molar-refractivity contribution is 6.34. The fraction of sp³-hybridized carbons (Fsp3) is 0. The number of fused-ring (bicyclic) bond motifs is 1. The summed E-state index contributed by atoms with van der Waals surface area (Å²) < 4.78 is 26.6. The van der Waals surface area contributed by atoms with Crippen molar-refractivity contribution in [3.63, 3.8) is 0 Å².